The highest BCUT2D eigenvalue weighted by atomic mass is 16.5. The predicted molar refractivity (Wildman–Crippen MR) is 76.6 cm³/mol. The number of aliphatic hydroxyl groups is 2. The third-order valence-electron chi connectivity index (χ3n) is 3.88. The Morgan fingerprint density at radius 3 is 2.21 bits per heavy atom. The number of likely N-dealkylation sites (N-methyl/N-ethyl adjacent to an activating group) is 1. The summed E-state index contributed by atoms with van der Waals surface area (Å²) in [6.45, 7) is 6.81. The first-order valence-electron chi connectivity index (χ1n) is 6.51. The summed E-state index contributed by atoms with van der Waals surface area (Å²) in [5.41, 5.74) is 4.74. The number of aliphatic hydroxyl groups excluding tert-OH is 2. The molecule has 0 spiro atoms. The van der Waals surface area contributed by atoms with Crippen LogP contribution in [-0.4, -0.2) is 48.5 Å². The van der Waals surface area contributed by atoms with E-state index in [1.54, 1.807) is 7.11 Å². The van der Waals surface area contributed by atoms with Gasteiger partial charge in [-0.15, -0.1) is 0 Å². The number of ether oxygens (including phenoxy) is 1. The van der Waals surface area contributed by atoms with Gasteiger partial charge in [0.15, 0.2) is 0 Å². The van der Waals surface area contributed by atoms with Crippen LogP contribution in [0.25, 0.3) is 0 Å². The Kier molecular flexibility index (Phi) is 5.79. The van der Waals surface area contributed by atoms with Crippen LogP contribution in [0.3, 0.4) is 0 Å². The highest BCUT2D eigenvalue weighted by molar-refractivity contribution is 5.48. The SMILES string of the molecule is COc1cc(C)c(CN(C)C(CO)CO)c(C)c1C. The van der Waals surface area contributed by atoms with Crippen LogP contribution in [0.5, 0.6) is 5.75 Å². The maximum Gasteiger partial charge on any atom is 0.122 e. The van der Waals surface area contributed by atoms with Gasteiger partial charge in [-0.3, -0.25) is 4.90 Å². The van der Waals surface area contributed by atoms with Gasteiger partial charge in [-0.05, 0) is 56.1 Å². The molecule has 0 fully saturated rings. The van der Waals surface area contributed by atoms with Crippen LogP contribution in [-0.2, 0) is 6.54 Å². The molecule has 19 heavy (non-hydrogen) atoms. The molecule has 0 atom stereocenters. The van der Waals surface area contributed by atoms with Crippen molar-refractivity contribution in [1.29, 1.82) is 0 Å². The molecule has 0 unspecified atom stereocenters. The smallest absolute Gasteiger partial charge is 0.122 e. The average molecular weight is 267 g/mol. The highest BCUT2D eigenvalue weighted by Gasteiger charge is 2.17. The van der Waals surface area contributed by atoms with Crippen molar-refractivity contribution >= 4 is 0 Å². The quantitative estimate of drug-likeness (QED) is 0.818. The third-order valence-corrected chi connectivity index (χ3v) is 3.88. The van der Waals surface area contributed by atoms with E-state index in [1.807, 2.05) is 24.9 Å². The molecule has 0 amide bonds. The molecule has 1 rings (SSSR count). The molecule has 0 bridgehead atoms. The standard InChI is InChI=1S/C15H25NO3/c1-10-6-15(19-5)12(3)11(2)14(10)7-16(4)13(8-17)9-18/h6,13,17-18H,7-9H2,1-5H3. The Bertz CT molecular complexity index is 428. The zero-order valence-corrected chi connectivity index (χ0v) is 12.5. The molecular weight excluding hydrogens is 242 g/mol. The maximum absolute atomic E-state index is 9.23. The fourth-order valence-electron chi connectivity index (χ4n) is 2.27. The van der Waals surface area contributed by atoms with Crippen LogP contribution >= 0.6 is 0 Å². The Hall–Kier alpha value is -1.10. The molecule has 1 aromatic carbocycles. The van der Waals surface area contributed by atoms with Crippen molar-refractivity contribution in [3.05, 3.63) is 28.3 Å². The normalized spacial score (nSPS) is 11.4. The van der Waals surface area contributed by atoms with Gasteiger partial charge in [0.2, 0.25) is 0 Å². The van der Waals surface area contributed by atoms with Gasteiger partial charge in [0, 0.05) is 6.54 Å². The van der Waals surface area contributed by atoms with Gasteiger partial charge < -0.3 is 14.9 Å². The second kappa shape index (κ2) is 6.89. The number of rotatable bonds is 6. The van der Waals surface area contributed by atoms with Crippen molar-refractivity contribution in [3.8, 4) is 5.75 Å². The summed E-state index contributed by atoms with van der Waals surface area (Å²) in [6.07, 6.45) is 0. The lowest BCUT2D eigenvalue weighted by molar-refractivity contribution is 0.0871. The molecule has 0 aromatic heterocycles. The number of benzene rings is 1. The number of nitrogens with zero attached hydrogens (tertiary/aromatic N) is 1. The lowest BCUT2D eigenvalue weighted by Gasteiger charge is -2.27. The molecule has 0 aliphatic carbocycles. The second-order valence-electron chi connectivity index (χ2n) is 5.06. The zero-order chi connectivity index (χ0) is 14.6. The van der Waals surface area contributed by atoms with Gasteiger partial charge >= 0.3 is 0 Å². The van der Waals surface area contributed by atoms with E-state index in [2.05, 4.69) is 13.8 Å². The van der Waals surface area contributed by atoms with Crippen LogP contribution < -0.4 is 4.74 Å². The first-order valence-corrected chi connectivity index (χ1v) is 6.51. The summed E-state index contributed by atoms with van der Waals surface area (Å²) in [5.74, 6) is 0.905. The van der Waals surface area contributed by atoms with Crippen molar-refractivity contribution in [3.63, 3.8) is 0 Å². The summed E-state index contributed by atoms with van der Waals surface area (Å²) in [7, 11) is 3.59. The van der Waals surface area contributed by atoms with Crippen molar-refractivity contribution in [1.82, 2.24) is 4.90 Å². The van der Waals surface area contributed by atoms with E-state index in [4.69, 9.17) is 4.74 Å². The van der Waals surface area contributed by atoms with E-state index in [1.165, 1.54) is 16.7 Å². The van der Waals surface area contributed by atoms with Crippen LogP contribution in [0.15, 0.2) is 6.07 Å². The van der Waals surface area contributed by atoms with Crippen molar-refractivity contribution < 1.29 is 14.9 Å². The van der Waals surface area contributed by atoms with Gasteiger partial charge in [0.1, 0.15) is 5.75 Å². The number of methoxy groups -OCH3 is 1. The van der Waals surface area contributed by atoms with Crippen LogP contribution in [0.4, 0.5) is 0 Å². The Labute approximate surface area is 115 Å². The van der Waals surface area contributed by atoms with E-state index in [0.717, 1.165) is 11.3 Å². The molecule has 0 aliphatic rings. The molecule has 2 N–H and O–H groups in total. The highest BCUT2D eigenvalue weighted by Crippen LogP contribution is 2.28. The summed E-state index contributed by atoms with van der Waals surface area (Å²) >= 11 is 0. The predicted octanol–water partition coefficient (Wildman–Crippen LogP) is 1.41. The van der Waals surface area contributed by atoms with E-state index in [9.17, 15) is 10.2 Å². The molecular formula is C15H25NO3. The van der Waals surface area contributed by atoms with Crippen molar-refractivity contribution in [2.75, 3.05) is 27.4 Å². The van der Waals surface area contributed by atoms with E-state index >= 15 is 0 Å². The molecule has 0 saturated heterocycles. The minimum atomic E-state index is -0.221. The third kappa shape index (κ3) is 3.47. The van der Waals surface area contributed by atoms with E-state index in [0.29, 0.717) is 6.54 Å². The summed E-state index contributed by atoms with van der Waals surface area (Å²) < 4.78 is 5.36. The first-order chi connectivity index (χ1) is 8.96. The molecule has 1 aromatic rings. The van der Waals surface area contributed by atoms with Gasteiger partial charge in [0.05, 0.1) is 26.4 Å². The van der Waals surface area contributed by atoms with E-state index < -0.39 is 0 Å². The molecule has 0 aliphatic heterocycles. The fraction of sp³-hybridized carbons (Fsp3) is 0.600. The largest absolute Gasteiger partial charge is 0.496 e. The van der Waals surface area contributed by atoms with Gasteiger partial charge in [-0.25, -0.2) is 0 Å². The van der Waals surface area contributed by atoms with Gasteiger partial charge in [-0.2, -0.15) is 0 Å². The van der Waals surface area contributed by atoms with Gasteiger partial charge in [0.25, 0.3) is 0 Å². The molecule has 0 radical (unpaired) electrons. The summed E-state index contributed by atoms with van der Waals surface area (Å²) in [5, 5.41) is 18.5. The monoisotopic (exact) mass is 267 g/mol. The maximum atomic E-state index is 9.23. The van der Waals surface area contributed by atoms with E-state index in [-0.39, 0.29) is 19.3 Å². The number of aryl methyl sites for hydroxylation is 1. The van der Waals surface area contributed by atoms with Crippen molar-refractivity contribution in [2.45, 2.75) is 33.4 Å². The number of hydrogen-bond donors (Lipinski definition) is 2. The minimum absolute atomic E-state index is 0.0414. The Morgan fingerprint density at radius 2 is 1.74 bits per heavy atom. The lowest BCUT2D eigenvalue weighted by atomic mass is 9.96. The second-order valence-corrected chi connectivity index (χ2v) is 5.06. The van der Waals surface area contributed by atoms with Crippen LogP contribution in [0, 0.1) is 20.8 Å². The topological polar surface area (TPSA) is 52.9 Å². The minimum Gasteiger partial charge on any atom is -0.496 e. The van der Waals surface area contributed by atoms with Crippen LogP contribution in [0.2, 0.25) is 0 Å². The van der Waals surface area contributed by atoms with Gasteiger partial charge in [-0.1, -0.05) is 0 Å². The Morgan fingerprint density at radius 1 is 1.16 bits per heavy atom. The average Bonchev–Trinajstić information content (AvgIpc) is 2.40. The lowest BCUT2D eigenvalue weighted by Crippen LogP contribution is -2.37. The van der Waals surface area contributed by atoms with Crippen molar-refractivity contribution in [2.24, 2.45) is 0 Å². The molecule has 0 heterocycles. The molecule has 108 valence electrons. The fourth-order valence-corrected chi connectivity index (χ4v) is 2.27. The first kappa shape index (κ1) is 16.0. The zero-order valence-electron chi connectivity index (χ0n) is 12.5. The summed E-state index contributed by atoms with van der Waals surface area (Å²) in [6, 6.07) is 1.82. The Balaban J connectivity index is 3.05. The number of hydrogen-bond acceptors (Lipinski definition) is 4. The summed E-state index contributed by atoms with van der Waals surface area (Å²) in [4.78, 5) is 1.97. The molecule has 0 saturated carbocycles. The molecule has 4 nitrogen and oxygen atoms in total. The molecule has 4 heteroatoms. The van der Waals surface area contributed by atoms with Crippen LogP contribution in [0.1, 0.15) is 22.3 Å².